The summed E-state index contributed by atoms with van der Waals surface area (Å²) in [7, 11) is 0. The van der Waals surface area contributed by atoms with Gasteiger partial charge >= 0.3 is 0 Å². The summed E-state index contributed by atoms with van der Waals surface area (Å²) in [6.07, 6.45) is 3.52. The van der Waals surface area contributed by atoms with Crippen LogP contribution in [0.15, 0.2) is 47.8 Å². The van der Waals surface area contributed by atoms with Crippen molar-refractivity contribution in [3.05, 3.63) is 54.4 Å². The van der Waals surface area contributed by atoms with Crippen molar-refractivity contribution in [2.24, 2.45) is 0 Å². The second-order valence-electron chi connectivity index (χ2n) is 6.04. The van der Waals surface area contributed by atoms with Crippen molar-refractivity contribution in [1.82, 2.24) is 30.0 Å². The van der Waals surface area contributed by atoms with E-state index in [4.69, 9.17) is 0 Å². The van der Waals surface area contributed by atoms with Gasteiger partial charge in [-0.05, 0) is 31.2 Å². The van der Waals surface area contributed by atoms with E-state index in [9.17, 15) is 4.79 Å². The molecular weight excluding hydrogens is 364 g/mol. The standard InChI is InChI=1S/C17H18N8OS/c1-11-7-15(22-21-11)23-24-8-16-18-10-19-25(16)17(9-24)27-14-5-3-13(4-6-14)20-12(2)26/h3-7,9-10H,8H2,1-2H3,(H,20,26)(H2,21,22,23). The quantitative estimate of drug-likeness (QED) is 0.623. The smallest absolute Gasteiger partial charge is 0.221 e. The number of H-pyrrole nitrogens is 1. The van der Waals surface area contributed by atoms with Gasteiger partial charge in [0.25, 0.3) is 0 Å². The average molecular weight is 382 g/mol. The summed E-state index contributed by atoms with van der Waals surface area (Å²) in [4.78, 5) is 16.5. The minimum atomic E-state index is -0.0898. The lowest BCUT2D eigenvalue weighted by Crippen LogP contribution is -2.30. The number of hydrogen-bond donors (Lipinski definition) is 3. The first-order chi connectivity index (χ1) is 13.1. The number of fused-ring (bicyclic) bond motifs is 1. The Kier molecular flexibility index (Phi) is 4.55. The third-order valence-corrected chi connectivity index (χ3v) is 4.76. The predicted molar refractivity (Wildman–Crippen MR) is 103 cm³/mol. The molecule has 138 valence electrons. The van der Waals surface area contributed by atoms with Crippen molar-refractivity contribution in [2.75, 3.05) is 10.7 Å². The SMILES string of the molecule is CC(=O)Nc1ccc(SC2=CN(Nc3cc(C)[nH]n3)Cc3ncnn32)cc1. The number of anilines is 2. The van der Waals surface area contributed by atoms with Gasteiger partial charge in [0.1, 0.15) is 11.4 Å². The molecule has 3 heterocycles. The Morgan fingerprint density at radius 3 is 2.81 bits per heavy atom. The number of benzene rings is 1. The van der Waals surface area contributed by atoms with Gasteiger partial charge in [-0.2, -0.15) is 10.2 Å². The Morgan fingerprint density at radius 1 is 1.30 bits per heavy atom. The largest absolute Gasteiger partial charge is 0.326 e. The zero-order valence-electron chi connectivity index (χ0n) is 14.8. The molecular formula is C17H18N8OS. The zero-order chi connectivity index (χ0) is 18.8. The Hall–Kier alpha value is -3.27. The average Bonchev–Trinajstić information content (AvgIpc) is 3.25. The molecule has 1 amide bonds. The van der Waals surface area contributed by atoms with E-state index in [2.05, 4.69) is 31.0 Å². The van der Waals surface area contributed by atoms with Gasteiger partial charge < -0.3 is 5.32 Å². The van der Waals surface area contributed by atoms with Crippen molar-refractivity contribution in [3.8, 4) is 0 Å². The lowest BCUT2D eigenvalue weighted by atomic mass is 10.3. The third kappa shape index (κ3) is 3.95. The van der Waals surface area contributed by atoms with Crippen LogP contribution in [-0.4, -0.2) is 35.9 Å². The first-order valence-corrected chi connectivity index (χ1v) is 9.10. The van der Waals surface area contributed by atoms with Crippen molar-refractivity contribution < 1.29 is 4.79 Å². The van der Waals surface area contributed by atoms with Gasteiger partial charge in [0.2, 0.25) is 5.91 Å². The number of nitrogens with zero attached hydrogens (tertiary/aromatic N) is 5. The molecule has 0 bridgehead atoms. The van der Waals surface area contributed by atoms with Crippen molar-refractivity contribution in [2.45, 2.75) is 25.3 Å². The molecule has 27 heavy (non-hydrogen) atoms. The number of nitrogens with one attached hydrogen (secondary N) is 3. The van der Waals surface area contributed by atoms with Crippen LogP contribution in [0.5, 0.6) is 0 Å². The molecule has 0 atom stereocenters. The number of hydrazine groups is 1. The number of rotatable bonds is 5. The molecule has 0 saturated heterocycles. The molecule has 4 rings (SSSR count). The fourth-order valence-electron chi connectivity index (χ4n) is 2.64. The summed E-state index contributed by atoms with van der Waals surface area (Å²) in [6.45, 7) is 4.01. The van der Waals surface area contributed by atoms with Crippen LogP contribution in [0.4, 0.5) is 11.5 Å². The maximum absolute atomic E-state index is 11.1. The molecule has 0 saturated carbocycles. The molecule has 1 aromatic carbocycles. The van der Waals surface area contributed by atoms with Gasteiger partial charge in [0.05, 0.1) is 12.7 Å². The van der Waals surface area contributed by atoms with E-state index in [1.165, 1.54) is 6.92 Å². The summed E-state index contributed by atoms with van der Waals surface area (Å²) in [5.41, 5.74) is 5.00. The van der Waals surface area contributed by atoms with Crippen molar-refractivity contribution in [3.63, 3.8) is 0 Å². The molecule has 0 fully saturated rings. The highest BCUT2D eigenvalue weighted by molar-refractivity contribution is 8.08. The lowest BCUT2D eigenvalue weighted by molar-refractivity contribution is -0.114. The molecule has 0 radical (unpaired) electrons. The molecule has 10 heteroatoms. The minimum absolute atomic E-state index is 0.0898. The fourth-order valence-corrected chi connectivity index (χ4v) is 3.57. The first kappa shape index (κ1) is 17.2. The van der Waals surface area contributed by atoms with Crippen LogP contribution in [0.2, 0.25) is 0 Å². The summed E-state index contributed by atoms with van der Waals surface area (Å²) >= 11 is 1.56. The van der Waals surface area contributed by atoms with Crippen LogP contribution in [-0.2, 0) is 11.3 Å². The van der Waals surface area contributed by atoms with E-state index >= 15 is 0 Å². The van der Waals surface area contributed by atoms with E-state index in [0.29, 0.717) is 6.54 Å². The molecule has 1 aliphatic rings. The lowest BCUT2D eigenvalue weighted by Gasteiger charge is -2.26. The van der Waals surface area contributed by atoms with E-state index in [1.807, 2.05) is 53.1 Å². The summed E-state index contributed by atoms with van der Waals surface area (Å²) in [5.74, 6) is 1.48. The van der Waals surface area contributed by atoms with Crippen LogP contribution in [0, 0.1) is 6.92 Å². The minimum Gasteiger partial charge on any atom is -0.326 e. The van der Waals surface area contributed by atoms with Crippen LogP contribution in [0.25, 0.3) is 5.03 Å². The maximum Gasteiger partial charge on any atom is 0.221 e. The van der Waals surface area contributed by atoms with Crippen LogP contribution >= 0.6 is 11.8 Å². The maximum atomic E-state index is 11.1. The van der Waals surface area contributed by atoms with E-state index in [1.54, 1.807) is 18.1 Å². The molecule has 3 N–H and O–H groups in total. The molecule has 0 unspecified atom stereocenters. The van der Waals surface area contributed by atoms with E-state index in [-0.39, 0.29) is 5.91 Å². The zero-order valence-corrected chi connectivity index (χ0v) is 15.6. The fraction of sp³-hybridized carbons (Fsp3) is 0.176. The number of thioether (sulfide) groups is 1. The molecule has 2 aromatic heterocycles. The van der Waals surface area contributed by atoms with Crippen LogP contribution in [0.3, 0.4) is 0 Å². The Labute approximate surface area is 159 Å². The number of amides is 1. The van der Waals surface area contributed by atoms with Gasteiger partial charge in [0.15, 0.2) is 11.6 Å². The normalized spacial score (nSPS) is 13.1. The second kappa shape index (κ2) is 7.16. The van der Waals surface area contributed by atoms with Gasteiger partial charge in [-0.15, -0.1) is 0 Å². The summed E-state index contributed by atoms with van der Waals surface area (Å²) in [6, 6.07) is 9.59. The number of carbonyl (C=O) groups excluding carboxylic acids is 1. The van der Waals surface area contributed by atoms with Gasteiger partial charge in [-0.1, -0.05) is 11.8 Å². The van der Waals surface area contributed by atoms with Crippen LogP contribution in [0.1, 0.15) is 18.4 Å². The van der Waals surface area contributed by atoms with Crippen molar-refractivity contribution >= 4 is 34.2 Å². The highest BCUT2D eigenvalue weighted by Crippen LogP contribution is 2.33. The third-order valence-electron chi connectivity index (χ3n) is 3.77. The Balaban J connectivity index is 1.54. The monoisotopic (exact) mass is 382 g/mol. The second-order valence-corrected chi connectivity index (χ2v) is 7.13. The number of aromatic amines is 1. The number of hydrogen-bond acceptors (Lipinski definition) is 7. The molecule has 3 aromatic rings. The van der Waals surface area contributed by atoms with Gasteiger partial charge in [-0.25, -0.2) is 9.67 Å². The molecule has 0 spiro atoms. The number of aryl methyl sites for hydroxylation is 1. The molecule has 0 aliphatic carbocycles. The van der Waals surface area contributed by atoms with Gasteiger partial charge in [0, 0.05) is 29.3 Å². The Bertz CT molecular complexity index is 991. The topological polar surface area (TPSA) is 104 Å². The van der Waals surface area contributed by atoms with Crippen molar-refractivity contribution in [1.29, 1.82) is 0 Å². The van der Waals surface area contributed by atoms with Crippen LogP contribution < -0.4 is 10.7 Å². The first-order valence-electron chi connectivity index (χ1n) is 8.29. The predicted octanol–water partition coefficient (Wildman–Crippen LogP) is 2.66. The summed E-state index contributed by atoms with van der Waals surface area (Å²) < 4.78 is 1.82. The number of aromatic nitrogens is 5. The van der Waals surface area contributed by atoms with Gasteiger partial charge in [-0.3, -0.25) is 20.3 Å². The summed E-state index contributed by atoms with van der Waals surface area (Å²) in [5, 5.41) is 17.0. The highest BCUT2D eigenvalue weighted by atomic mass is 32.2. The molecule has 1 aliphatic heterocycles. The highest BCUT2D eigenvalue weighted by Gasteiger charge is 2.20. The van der Waals surface area contributed by atoms with E-state index in [0.717, 1.165) is 32.9 Å². The number of carbonyl (C=O) groups is 1. The molecule has 9 nitrogen and oxygen atoms in total. The Morgan fingerprint density at radius 2 is 2.11 bits per heavy atom. The van der Waals surface area contributed by atoms with E-state index < -0.39 is 0 Å².